The molecule has 2 atom stereocenters. The molecule has 0 saturated carbocycles. The molecule has 0 aromatic carbocycles. The zero-order valence-electron chi connectivity index (χ0n) is 9.32. The Labute approximate surface area is 97.2 Å². The molecule has 2 saturated heterocycles. The number of nitrogens with zero attached hydrogens (tertiary/aromatic N) is 1. The van der Waals surface area contributed by atoms with E-state index in [1.54, 1.807) is 19.0 Å². The van der Waals surface area contributed by atoms with Gasteiger partial charge in [-0.2, -0.15) is 0 Å². The summed E-state index contributed by atoms with van der Waals surface area (Å²) in [6.45, 7) is 0. The van der Waals surface area contributed by atoms with Gasteiger partial charge in [-0.25, -0.2) is 4.79 Å². The first-order chi connectivity index (χ1) is 6.65. The van der Waals surface area contributed by atoms with Crippen molar-refractivity contribution in [3.05, 3.63) is 0 Å². The van der Waals surface area contributed by atoms with Gasteiger partial charge in [0.1, 0.15) is 0 Å². The molecule has 0 aromatic rings. The lowest BCUT2D eigenvalue weighted by atomic mass is 10.0. The van der Waals surface area contributed by atoms with Gasteiger partial charge in [0.2, 0.25) is 0 Å². The second-order valence-corrected chi connectivity index (χ2v) is 4.65. The zero-order chi connectivity index (χ0) is 10.1. The highest BCUT2D eigenvalue weighted by molar-refractivity contribution is 5.85. The van der Waals surface area contributed by atoms with Crippen LogP contribution in [0.3, 0.4) is 0 Å². The van der Waals surface area contributed by atoms with Crippen LogP contribution in [0.4, 0.5) is 4.79 Å². The van der Waals surface area contributed by atoms with E-state index in [9.17, 15) is 4.79 Å². The van der Waals surface area contributed by atoms with Gasteiger partial charge in [0, 0.05) is 32.2 Å². The smallest absolute Gasteiger partial charge is 0.317 e. The molecular weight excluding hydrogens is 214 g/mol. The lowest BCUT2D eigenvalue weighted by Crippen LogP contribution is -2.50. The summed E-state index contributed by atoms with van der Waals surface area (Å²) < 4.78 is 0. The van der Waals surface area contributed by atoms with Gasteiger partial charge >= 0.3 is 6.03 Å². The van der Waals surface area contributed by atoms with Crippen molar-refractivity contribution in [2.45, 2.75) is 43.8 Å². The second-order valence-electron chi connectivity index (χ2n) is 4.65. The number of carbonyl (C=O) groups is 1. The maximum Gasteiger partial charge on any atom is 0.317 e. The number of hydrogen-bond acceptors (Lipinski definition) is 2. The lowest BCUT2D eigenvalue weighted by molar-refractivity contribution is 0.206. The van der Waals surface area contributed by atoms with Crippen LogP contribution in [0, 0.1) is 0 Å². The fourth-order valence-corrected chi connectivity index (χ4v) is 2.48. The van der Waals surface area contributed by atoms with Crippen molar-refractivity contribution in [3.63, 3.8) is 0 Å². The van der Waals surface area contributed by atoms with Crippen LogP contribution >= 0.6 is 12.4 Å². The van der Waals surface area contributed by atoms with Crippen LogP contribution < -0.4 is 10.6 Å². The Hall–Kier alpha value is -0.480. The van der Waals surface area contributed by atoms with Crippen LogP contribution in [-0.4, -0.2) is 43.2 Å². The third-order valence-electron chi connectivity index (χ3n) is 3.21. The molecule has 0 aromatic heterocycles. The predicted octanol–water partition coefficient (Wildman–Crippen LogP) is 0.962. The average Bonchev–Trinajstić information content (AvgIpc) is 2.45. The predicted molar refractivity (Wildman–Crippen MR) is 62.4 cm³/mol. The molecule has 2 unspecified atom stereocenters. The number of nitrogens with one attached hydrogen (secondary N) is 2. The molecular formula is C10H20ClN3O. The standard InChI is InChI=1S/C10H19N3O.ClH/c1-13(2)10(14)12-9-5-7-3-4-8(6-9)11-7;/h7-9,11H,3-6H2,1-2H3,(H,12,14);1H. The molecule has 2 rings (SSSR count). The molecule has 0 aliphatic carbocycles. The minimum Gasteiger partial charge on any atom is -0.335 e. The number of urea groups is 1. The molecule has 0 radical (unpaired) electrons. The van der Waals surface area contributed by atoms with E-state index in [-0.39, 0.29) is 18.4 Å². The Balaban J connectivity index is 0.00000112. The van der Waals surface area contributed by atoms with Gasteiger partial charge in [0.25, 0.3) is 0 Å². The molecule has 5 heteroatoms. The Morgan fingerprint density at radius 3 is 2.27 bits per heavy atom. The number of piperidine rings is 1. The molecule has 2 aliphatic heterocycles. The topological polar surface area (TPSA) is 44.4 Å². The summed E-state index contributed by atoms with van der Waals surface area (Å²) in [7, 11) is 3.57. The number of fused-ring (bicyclic) bond motifs is 2. The van der Waals surface area contributed by atoms with Crippen molar-refractivity contribution < 1.29 is 4.79 Å². The summed E-state index contributed by atoms with van der Waals surface area (Å²) in [4.78, 5) is 13.0. The van der Waals surface area contributed by atoms with E-state index < -0.39 is 0 Å². The molecule has 2 amide bonds. The van der Waals surface area contributed by atoms with Gasteiger partial charge in [-0.15, -0.1) is 12.4 Å². The molecule has 15 heavy (non-hydrogen) atoms. The highest BCUT2D eigenvalue weighted by atomic mass is 35.5. The summed E-state index contributed by atoms with van der Waals surface area (Å²) in [6.07, 6.45) is 4.74. The minimum absolute atomic E-state index is 0. The van der Waals surface area contributed by atoms with Crippen molar-refractivity contribution in [3.8, 4) is 0 Å². The maximum atomic E-state index is 11.4. The molecule has 0 spiro atoms. The monoisotopic (exact) mass is 233 g/mol. The fourth-order valence-electron chi connectivity index (χ4n) is 2.48. The minimum atomic E-state index is 0. The van der Waals surface area contributed by atoms with Gasteiger partial charge < -0.3 is 15.5 Å². The van der Waals surface area contributed by atoms with Crippen molar-refractivity contribution >= 4 is 18.4 Å². The molecule has 2 aliphatic rings. The van der Waals surface area contributed by atoms with E-state index in [2.05, 4.69) is 10.6 Å². The first-order valence-corrected chi connectivity index (χ1v) is 5.39. The van der Waals surface area contributed by atoms with Crippen LogP contribution in [0.15, 0.2) is 0 Å². The van der Waals surface area contributed by atoms with E-state index in [0.717, 1.165) is 12.8 Å². The van der Waals surface area contributed by atoms with Crippen molar-refractivity contribution in [1.82, 2.24) is 15.5 Å². The summed E-state index contributed by atoms with van der Waals surface area (Å²) in [6, 6.07) is 1.70. The number of halogens is 1. The number of rotatable bonds is 1. The van der Waals surface area contributed by atoms with Crippen LogP contribution in [-0.2, 0) is 0 Å². The maximum absolute atomic E-state index is 11.4. The lowest BCUT2D eigenvalue weighted by Gasteiger charge is -2.30. The molecule has 2 heterocycles. The third kappa shape index (κ3) is 2.98. The number of hydrogen-bond donors (Lipinski definition) is 2. The Morgan fingerprint density at radius 1 is 1.27 bits per heavy atom. The van der Waals surface area contributed by atoms with E-state index in [4.69, 9.17) is 0 Å². The van der Waals surface area contributed by atoms with Gasteiger partial charge in [-0.05, 0) is 25.7 Å². The summed E-state index contributed by atoms with van der Waals surface area (Å²) in [5.41, 5.74) is 0. The molecule has 2 fully saturated rings. The first-order valence-electron chi connectivity index (χ1n) is 5.39. The number of amides is 2. The zero-order valence-corrected chi connectivity index (χ0v) is 10.1. The quantitative estimate of drug-likeness (QED) is 0.709. The summed E-state index contributed by atoms with van der Waals surface area (Å²) >= 11 is 0. The van der Waals surface area contributed by atoms with Crippen LogP contribution in [0.25, 0.3) is 0 Å². The molecule has 2 bridgehead atoms. The van der Waals surface area contributed by atoms with Crippen LogP contribution in [0.2, 0.25) is 0 Å². The van der Waals surface area contributed by atoms with E-state index >= 15 is 0 Å². The third-order valence-corrected chi connectivity index (χ3v) is 3.21. The summed E-state index contributed by atoms with van der Waals surface area (Å²) in [5.74, 6) is 0. The molecule has 4 nitrogen and oxygen atoms in total. The SMILES string of the molecule is CN(C)C(=O)NC1CC2CCC(C1)N2.Cl. The Bertz CT molecular complexity index is 223. The van der Waals surface area contributed by atoms with Crippen molar-refractivity contribution in [1.29, 1.82) is 0 Å². The number of carbonyl (C=O) groups excluding carboxylic acids is 1. The molecule has 88 valence electrons. The second kappa shape index (κ2) is 5.03. The van der Waals surface area contributed by atoms with Crippen molar-refractivity contribution in [2.24, 2.45) is 0 Å². The normalized spacial score (nSPS) is 33.1. The Kier molecular flexibility index (Phi) is 4.22. The fraction of sp³-hybridized carbons (Fsp3) is 0.900. The average molecular weight is 234 g/mol. The highest BCUT2D eigenvalue weighted by Crippen LogP contribution is 2.26. The van der Waals surface area contributed by atoms with Crippen LogP contribution in [0.1, 0.15) is 25.7 Å². The van der Waals surface area contributed by atoms with E-state index in [1.165, 1.54) is 12.8 Å². The summed E-state index contributed by atoms with van der Waals surface area (Å²) in [5, 5.41) is 6.62. The van der Waals surface area contributed by atoms with Gasteiger partial charge in [0.05, 0.1) is 0 Å². The van der Waals surface area contributed by atoms with Gasteiger partial charge in [-0.1, -0.05) is 0 Å². The first kappa shape index (κ1) is 12.6. The van der Waals surface area contributed by atoms with Gasteiger partial charge in [-0.3, -0.25) is 0 Å². The highest BCUT2D eigenvalue weighted by Gasteiger charge is 2.34. The van der Waals surface area contributed by atoms with Crippen molar-refractivity contribution in [2.75, 3.05) is 14.1 Å². The van der Waals surface area contributed by atoms with Crippen LogP contribution in [0.5, 0.6) is 0 Å². The van der Waals surface area contributed by atoms with E-state index in [0.29, 0.717) is 18.1 Å². The van der Waals surface area contributed by atoms with E-state index in [1.807, 2.05) is 0 Å². The Morgan fingerprint density at radius 2 is 1.80 bits per heavy atom. The largest absolute Gasteiger partial charge is 0.335 e. The van der Waals surface area contributed by atoms with Gasteiger partial charge in [0.15, 0.2) is 0 Å². The molecule has 2 N–H and O–H groups in total.